The molecule has 3 aliphatic rings. The number of rotatable bonds is 19. The van der Waals surface area contributed by atoms with E-state index in [9.17, 15) is 4.79 Å². The van der Waals surface area contributed by atoms with Crippen molar-refractivity contribution in [2.45, 2.75) is 133 Å². The Bertz CT molecular complexity index is 4170. The third-order valence-corrected chi connectivity index (χ3v) is 20.7. The van der Waals surface area contributed by atoms with Gasteiger partial charge in [-0.25, -0.2) is 0 Å². The van der Waals surface area contributed by atoms with E-state index >= 15 is 4.79 Å². The Kier molecular flexibility index (Phi) is 18.3. The van der Waals surface area contributed by atoms with E-state index in [0.717, 1.165) is 92.0 Å². The van der Waals surface area contributed by atoms with E-state index in [4.69, 9.17) is 27.1 Å². The quantitative estimate of drug-likeness (QED) is 0.0448. The number of carbonyl (C=O) groups excluding carboxylic acids is 2. The highest BCUT2D eigenvalue weighted by atomic mass is 31.2. The van der Waals surface area contributed by atoms with Gasteiger partial charge in [0.1, 0.15) is 34.5 Å². The molecule has 0 aliphatic carbocycles. The zero-order valence-corrected chi connectivity index (χ0v) is 55.3. The monoisotopic (exact) mass is 1230 g/mol. The lowest BCUT2D eigenvalue weighted by atomic mass is 9.83. The highest BCUT2D eigenvalue weighted by molar-refractivity contribution is 7.47. The number of hydrogen-bond donors (Lipinski definition) is 0. The Morgan fingerprint density at radius 1 is 0.534 bits per heavy atom. The van der Waals surface area contributed by atoms with Gasteiger partial charge >= 0.3 is 25.6 Å². The molecule has 0 saturated heterocycles. The van der Waals surface area contributed by atoms with Crippen LogP contribution in [0.2, 0.25) is 0 Å². The van der Waals surface area contributed by atoms with Crippen LogP contribution >= 0.6 is 25.6 Å². The number of benzene rings is 5. The summed E-state index contributed by atoms with van der Waals surface area (Å²) in [6, 6.07) is 30.7. The van der Waals surface area contributed by atoms with Crippen molar-refractivity contribution in [1.29, 1.82) is 0 Å². The standard InChI is InChI=1S/C74H78N3O8P3/c1-15-24-52-27-21-30-64-60(52)38-56-33-49(18-4)42-75(56)86(80-64)83-67-37-55(72(78)47(11)12)36-59(45(7)8)70(67)71-68(84-87-76-43-50(19-5)34-57(76)39-61-53(25-16-2)28-22-31-65(61)81-87)41-63(73(79)48(13)14)69(46(9)10)74(71)85-88-77-44-51(20-6)35-58(77)40-62-54(26-17-3)29-23-32-66(62)82-88/h15-17,21-37,41-46H,11,13,18-20,38-40H2,1-10,12,14H3/b24-15-,25-16-,26-17+. The highest BCUT2D eigenvalue weighted by Crippen LogP contribution is 2.61. The molecule has 3 unspecified atom stereocenters. The van der Waals surface area contributed by atoms with Crippen molar-refractivity contribution in [3.8, 4) is 45.6 Å². The minimum absolute atomic E-state index is 0.237. The number of aromatic nitrogens is 3. The van der Waals surface area contributed by atoms with E-state index in [1.54, 1.807) is 13.8 Å². The number of fused-ring (bicyclic) bond motifs is 6. The van der Waals surface area contributed by atoms with Crippen molar-refractivity contribution in [3.05, 3.63) is 242 Å². The minimum Gasteiger partial charge on any atom is -0.422 e. The van der Waals surface area contributed by atoms with Crippen LogP contribution in [0.4, 0.5) is 0 Å². The minimum atomic E-state index is -2.12. The summed E-state index contributed by atoms with van der Waals surface area (Å²) in [6.07, 6.45) is 23.0. The summed E-state index contributed by atoms with van der Waals surface area (Å²) in [6.45, 7) is 32.8. The van der Waals surface area contributed by atoms with Crippen LogP contribution in [-0.4, -0.2) is 24.6 Å². The van der Waals surface area contributed by atoms with Gasteiger partial charge in [-0.15, -0.1) is 0 Å². The van der Waals surface area contributed by atoms with Crippen molar-refractivity contribution in [2.24, 2.45) is 0 Å². The van der Waals surface area contributed by atoms with Crippen LogP contribution in [0.1, 0.15) is 194 Å². The Hall–Kier alpha value is -7.93. The maximum absolute atomic E-state index is 15.4. The number of hydrogen-bond acceptors (Lipinski definition) is 8. The Balaban J connectivity index is 1.26. The first-order valence-corrected chi connectivity index (χ1v) is 34.0. The summed E-state index contributed by atoms with van der Waals surface area (Å²) in [5.41, 5.74) is 16.6. The second-order valence-electron chi connectivity index (χ2n) is 23.4. The van der Waals surface area contributed by atoms with E-state index < -0.39 is 25.6 Å². The molecule has 11 nitrogen and oxygen atoms in total. The van der Waals surface area contributed by atoms with Gasteiger partial charge in [-0.05, 0) is 170 Å². The van der Waals surface area contributed by atoms with Gasteiger partial charge in [0.05, 0.1) is 5.56 Å². The normalized spacial score (nSPS) is 15.9. The molecule has 452 valence electrons. The maximum atomic E-state index is 15.4. The number of allylic oxidation sites excluding steroid dienone is 5. The lowest BCUT2D eigenvalue weighted by Crippen LogP contribution is -2.14. The molecule has 14 heteroatoms. The van der Waals surface area contributed by atoms with E-state index in [0.29, 0.717) is 92.7 Å². The zero-order chi connectivity index (χ0) is 62.2. The summed E-state index contributed by atoms with van der Waals surface area (Å²) in [5, 5.41) is 0. The van der Waals surface area contributed by atoms with Crippen LogP contribution in [0.3, 0.4) is 0 Å². The van der Waals surface area contributed by atoms with Gasteiger partial charge in [-0.1, -0.05) is 134 Å². The van der Waals surface area contributed by atoms with Crippen LogP contribution < -0.4 is 27.1 Å². The molecule has 8 aromatic rings. The van der Waals surface area contributed by atoms with Crippen molar-refractivity contribution < 1.29 is 36.7 Å². The topological polar surface area (TPSA) is 104 Å². The van der Waals surface area contributed by atoms with E-state index in [1.165, 1.54) is 0 Å². The van der Waals surface area contributed by atoms with Crippen LogP contribution in [0.15, 0.2) is 152 Å². The number of nitrogens with zero attached hydrogens (tertiary/aromatic N) is 3. The molecule has 0 N–H and O–H groups in total. The maximum Gasteiger partial charge on any atom is 0.421 e. The molecule has 0 bridgehead atoms. The smallest absolute Gasteiger partial charge is 0.421 e. The van der Waals surface area contributed by atoms with Gasteiger partial charge in [0.25, 0.3) is 0 Å². The highest BCUT2D eigenvalue weighted by Gasteiger charge is 2.40. The summed E-state index contributed by atoms with van der Waals surface area (Å²) >= 11 is 0. The molecular weight excluding hydrogens is 1150 g/mol. The number of Topliss-reactive ketones (excluding diaryl/α,β-unsaturated/α-hetero) is 2. The van der Waals surface area contributed by atoms with Crippen LogP contribution in [0.25, 0.3) is 29.4 Å². The summed E-state index contributed by atoms with van der Waals surface area (Å²) in [7, 11) is -6.28. The number of ketones is 2. The molecule has 5 aromatic carbocycles. The van der Waals surface area contributed by atoms with E-state index in [1.807, 2.05) is 93.6 Å². The first-order valence-electron chi connectivity index (χ1n) is 30.6. The van der Waals surface area contributed by atoms with Crippen molar-refractivity contribution in [1.82, 2.24) is 13.0 Å². The molecule has 88 heavy (non-hydrogen) atoms. The lowest BCUT2D eigenvalue weighted by molar-refractivity contribution is 0.102. The molecule has 0 saturated carbocycles. The fraction of sp³-hybridized carbons (Fsp3) is 0.270. The molecule has 0 radical (unpaired) electrons. The molecular formula is C74H78N3O8P3. The molecule has 6 heterocycles. The first kappa shape index (κ1) is 61.7. The molecule has 0 fully saturated rings. The third-order valence-electron chi connectivity index (χ3n) is 16.4. The molecule has 0 amide bonds. The predicted molar refractivity (Wildman–Crippen MR) is 362 cm³/mol. The average Bonchev–Trinajstić information content (AvgIpc) is 0.952. The number of carbonyl (C=O) groups is 2. The molecule has 3 atom stereocenters. The molecule has 0 spiro atoms. The van der Waals surface area contributed by atoms with Crippen molar-refractivity contribution in [2.75, 3.05) is 0 Å². The Labute approximate surface area is 522 Å². The summed E-state index contributed by atoms with van der Waals surface area (Å²) < 4.78 is 51.8. The fourth-order valence-electron chi connectivity index (χ4n) is 11.9. The van der Waals surface area contributed by atoms with Crippen LogP contribution in [0, 0.1) is 0 Å². The fourth-order valence-corrected chi connectivity index (χ4v) is 16.3. The third kappa shape index (κ3) is 11.9. The Morgan fingerprint density at radius 3 is 1.30 bits per heavy atom. The van der Waals surface area contributed by atoms with Gasteiger partial charge in [0.2, 0.25) is 0 Å². The SMILES string of the molecule is C=C(C)C(=O)c1cc(OP2Oc3cccc(/C=C\C)c3Cc3cc(CC)cn32)c(-c2c(OP3Oc4cccc(/C=C\C)c4Cc4cc(CC)cn43)cc(C(=O)C(=C)C)c(C(C)C)c2OP2Oc3cccc(/C=C/C)c3Cc3cc(CC)cn32)c(C(C)C)c1. The van der Waals surface area contributed by atoms with Crippen LogP contribution in [-0.2, 0) is 38.5 Å². The van der Waals surface area contributed by atoms with Gasteiger partial charge < -0.3 is 27.1 Å². The molecule has 3 aromatic heterocycles. The van der Waals surface area contributed by atoms with E-state index in [-0.39, 0.29) is 23.4 Å². The second kappa shape index (κ2) is 26.0. The van der Waals surface area contributed by atoms with Gasteiger partial charge in [-0.2, -0.15) is 0 Å². The second-order valence-corrected chi connectivity index (χ2v) is 27.2. The molecule has 3 aliphatic heterocycles. The molecule has 11 rings (SSSR count). The van der Waals surface area contributed by atoms with Crippen molar-refractivity contribution in [3.63, 3.8) is 0 Å². The van der Waals surface area contributed by atoms with Gasteiger partial charge in [0.15, 0.2) is 11.6 Å². The van der Waals surface area contributed by atoms with Gasteiger partial charge in [0, 0.05) is 93.9 Å². The number of aryl methyl sites for hydroxylation is 3. The van der Waals surface area contributed by atoms with Gasteiger partial charge in [-0.3, -0.25) is 22.6 Å². The summed E-state index contributed by atoms with van der Waals surface area (Å²) in [4.78, 5) is 30.1. The Morgan fingerprint density at radius 2 is 0.932 bits per heavy atom. The summed E-state index contributed by atoms with van der Waals surface area (Å²) in [5.74, 6) is 1.95. The van der Waals surface area contributed by atoms with E-state index in [2.05, 4.69) is 148 Å². The van der Waals surface area contributed by atoms with Crippen LogP contribution in [0.5, 0.6) is 34.5 Å². The predicted octanol–water partition coefficient (Wildman–Crippen LogP) is 20.7. The van der Waals surface area contributed by atoms with Crippen molar-refractivity contribution >= 4 is 55.4 Å². The average molecular weight is 1230 g/mol. The first-order chi connectivity index (χ1) is 42.4. The largest absolute Gasteiger partial charge is 0.422 e. The lowest BCUT2D eigenvalue weighted by Gasteiger charge is -2.30. The zero-order valence-electron chi connectivity index (χ0n) is 52.6.